The molecule has 21 heavy (non-hydrogen) atoms. The molecule has 4 nitrogen and oxygen atoms in total. The Hall–Kier alpha value is -2.38. The average Bonchev–Trinajstić information content (AvgIpc) is 2.34. The van der Waals surface area contributed by atoms with Gasteiger partial charge in [0.25, 0.3) is 0 Å². The summed E-state index contributed by atoms with van der Waals surface area (Å²) in [6.45, 7) is -2.72. The third kappa shape index (κ3) is 6.55. The van der Waals surface area contributed by atoms with Crippen molar-refractivity contribution >= 4 is 18.0 Å². The van der Waals surface area contributed by atoms with Crippen molar-refractivity contribution < 1.29 is 32.3 Å². The zero-order valence-electron chi connectivity index (χ0n) is 10.6. The van der Waals surface area contributed by atoms with Crippen molar-refractivity contribution in [1.82, 2.24) is 4.90 Å². The summed E-state index contributed by atoms with van der Waals surface area (Å²) in [5.74, 6) is -3.15. The Kier molecular flexibility index (Phi) is 5.45. The first-order chi connectivity index (χ1) is 9.67. The average molecular weight is 305 g/mol. The minimum Gasteiger partial charge on any atom is -0.480 e. The van der Waals surface area contributed by atoms with E-state index in [2.05, 4.69) is 0 Å². The molecule has 0 aliphatic heterocycles. The van der Waals surface area contributed by atoms with E-state index in [-0.39, 0.29) is 4.90 Å². The molecule has 1 aromatic rings. The van der Waals surface area contributed by atoms with E-state index in [1.807, 2.05) is 0 Å². The van der Waals surface area contributed by atoms with Crippen LogP contribution in [-0.4, -0.2) is 41.1 Å². The minimum atomic E-state index is -4.70. The highest BCUT2D eigenvalue weighted by Gasteiger charge is 2.33. The van der Waals surface area contributed by atoms with Gasteiger partial charge >= 0.3 is 12.1 Å². The highest BCUT2D eigenvalue weighted by molar-refractivity contribution is 5.93. The van der Waals surface area contributed by atoms with E-state index in [0.717, 1.165) is 18.2 Å². The standard InChI is InChI=1S/C13H11F4NO3/c14-10-4-1-9(2-5-10)3-6-11(19)18(7-12(20)21)8-13(15,16)17/h1-6H,7-8H2,(H,20,21). The molecule has 8 heteroatoms. The van der Waals surface area contributed by atoms with Crippen LogP contribution in [0, 0.1) is 5.82 Å². The van der Waals surface area contributed by atoms with Crippen molar-refractivity contribution in [1.29, 1.82) is 0 Å². The van der Waals surface area contributed by atoms with Crippen LogP contribution < -0.4 is 0 Å². The molecule has 0 aliphatic rings. The van der Waals surface area contributed by atoms with Crippen LogP contribution in [0.15, 0.2) is 30.3 Å². The maximum Gasteiger partial charge on any atom is 0.406 e. The van der Waals surface area contributed by atoms with Crippen molar-refractivity contribution in [3.05, 3.63) is 41.7 Å². The molecule has 0 heterocycles. The van der Waals surface area contributed by atoms with Gasteiger partial charge in [-0.15, -0.1) is 0 Å². The highest BCUT2D eigenvalue weighted by atomic mass is 19.4. The lowest BCUT2D eigenvalue weighted by atomic mass is 10.2. The molecular formula is C13H11F4NO3. The number of halogens is 4. The van der Waals surface area contributed by atoms with Gasteiger partial charge in [0.05, 0.1) is 0 Å². The first-order valence-corrected chi connectivity index (χ1v) is 5.68. The fourth-order valence-electron chi connectivity index (χ4n) is 1.44. The van der Waals surface area contributed by atoms with Gasteiger partial charge in [-0.25, -0.2) is 4.39 Å². The van der Waals surface area contributed by atoms with Crippen molar-refractivity contribution in [2.75, 3.05) is 13.1 Å². The van der Waals surface area contributed by atoms with Gasteiger partial charge < -0.3 is 10.0 Å². The van der Waals surface area contributed by atoms with Gasteiger partial charge in [-0.2, -0.15) is 13.2 Å². The number of benzene rings is 1. The summed E-state index contributed by atoms with van der Waals surface area (Å²) in [5, 5.41) is 8.52. The summed E-state index contributed by atoms with van der Waals surface area (Å²) in [7, 11) is 0. The van der Waals surface area contributed by atoms with E-state index in [4.69, 9.17) is 5.11 Å². The van der Waals surface area contributed by atoms with Gasteiger partial charge in [0.15, 0.2) is 0 Å². The smallest absolute Gasteiger partial charge is 0.406 e. The van der Waals surface area contributed by atoms with Crippen molar-refractivity contribution in [3.63, 3.8) is 0 Å². The Bertz CT molecular complexity index is 537. The molecule has 0 aromatic heterocycles. The first kappa shape index (κ1) is 16.7. The molecule has 0 spiro atoms. The summed E-state index contributed by atoms with van der Waals surface area (Å²) in [5.41, 5.74) is 0.395. The van der Waals surface area contributed by atoms with E-state index >= 15 is 0 Å². The van der Waals surface area contributed by atoms with Crippen LogP contribution in [-0.2, 0) is 9.59 Å². The number of carbonyl (C=O) groups is 2. The van der Waals surface area contributed by atoms with E-state index in [1.165, 1.54) is 18.2 Å². The summed E-state index contributed by atoms with van der Waals surface area (Å²) in [6.07, 6.45) is -2.72. The zero-order chi connectivity index (χ0) is 16.0. The molecule has 0 saturated heterocycles. The molecule has 0 unspecified atom stereocenters. The second-order valence-electron chi connectivity index (χ2n) is 4.09. The monoisotopic (exact) mass is 305 g/mol. The lowest BCUT2D eigenvalue weighted by molar-refractivity contribution is -0.163. The van der Waals surface area contributed by atoms with E-state index in [0.29, 0.717) is 5.56 Å². The Balaban J connectivity index is 2.80. The van der Waals surface area contributed by atoms with Crippen LogP contribution >= 0.6 is 0 Å². The van der Waals surface area contributed by atoms with Gasteiger partial charge in [-0.3, -0.25) is 9.59 Å². The largest absolute Gasteiger partial charge is 0.480 e. The summed E-state index contributed by atoms with van der Waals surface area (Å²) in [6, 6.07) is 4.89. The second-order valence-corrected chi connectivity index (χ2v) is 4.09. The molecule has 0 atom stereocenters. The Morgan fingerprint density at radius 1 is 1.19 bits per heavy atom. The number of carboxylic acids is 1. The van der Waals surface area contributed by atoms with Gasteiger partial charge in [0.1, 0.15) is 18.9 Å². The number of nitrogens with zero attached hydrogens (tertiary/aromatic N) is 1. The lowest BCUT2D eigenvalue weighted by Gasteiger charge is -2.20. The number of hydrogen-bond donors (Lipinski definition) is 1. The topological polar surface area (TPSA) is 57.6 Å². The molecule has 1 aromatic carbocycles. The van der Waals surface area contributed by atoms with Crippen molar-refractivity contribution in [2.24, 2.45) is 0 Å². The van der Waals surface area contributed by atoms with Gasteiger partial charge in [-0.1, -0.05) is 12.1 Å². The molecule has 1 rings (SSSR count). The SMILES string of the molecule is O=C(O)CN(CC(F)(F)F)C(=O)C=Cc1ccc(F)cc1. The molecule has 1 amide bonds. The predicted octanol–water partition coefficient (Wildman–Crippen LogP) is 2.31. The molecular weight excluding hydrogens is 294 g/mol. The van der Waals surface area contributed by atoms with Crippen molar-refractivity contribution in [3.8, 4) is 0 Å². The van der Waals surface area contributed by atoms with Gasteiger partial charge in [-0.05, 0) is 23.8 Å². The molecule has 0 radical (unpaired) electrons. The van der Waals surface area contributed by atoms with E-state index in [1.54, 1.807) is 0 Å². The first-order valence-electron chi connectivity index (χ1n) is 5.68. The molecule has 0 aliphatic carbocycles. The summed E-state index contributed by atoms with van der Waals surface area (Å²) >= 11 is 0. The maximum atomic E-state index is 12.7. The quantitative estimate of drug-likeness (QED) is 0.671. The number of amides is 1. The maximum absolute atomic E-state index is 12.7. The fraction of sp³-hybridized carbons (Fsp3) is 0.231. The number of carbonyl (C=O) groups excluding carboxylic acids is 1. The zero-order valence-corrected chi connectivity index (χ0v) is 10.6. The van der Waals surface area contributed by atoms with Crippen LogP contribution in [0.25, 0.3) is 6.08 Å². The molecule has 114 valence electrons. The highest BCUT2D eigenvalue weighted by Crippen LogP contribution is 2.17. The van der Waals surface area contributed by atoms with Gasteiger partial charge in [0, 0.05) is 6.08 Å². The number of carboxylic acid groups (broad SMARTS) is 1. The second kappa shape index (κ2) is 6.87. The summed E-state index contributed by atoms with van der Waals surface area (Å²) < 4.78 is 49.5. The number of aliphatic carboxylic acids is 1. The van der Waals surface area contributed by atoms with Crippen LogP contribution in [0.2, 0.25) is 0 Å². The van der Waals surface area contributed by atoms with Crippen LogP contribution in [0.1, 0.15) is 5.56 Å². The van der Waals surface area contributed by atoms with Crippen molar-refractivity contribution in [2.45, 2.75) is 6.18 Å². The third-order valence-corrected chi connectivity index (χ3v) is 2.30. The summed E-state index contributed by atoms with van der Waals surface area (Å²) in [4.78, 5) is 22.2. The molecule has 0 saturated carbocycles. The molecule has 0 bridgehead atoms. The normalized spacial score (nSPS) is 11.6. The van der Waals surface area contributed by atoms with Crippen LogP contribution in [0.4, 0.5) is 17.6 Å². The van der Waals surface area contributed by atoms with Crippen LogP contribution in [0.5, 0.6) is 0 Å². The number of alkyl halides is 3. The molecule has 1 N–H and O–H groups in total. The van der Waals surface area contributed by atoms with E-state index < -0.39 is 37.0 Å². The number of rotatable bonds is 5. The Morgan fingerprint density at radius 2 is 1.76 bits per heavy atom. The van der Waals surface area contributed by atoms with E-state index in [9.17, 15) is 27.2 Å². The number of hydrogen-bond acceptors (Lipinski definition) is 2. The Morgan fingerprint density at radius 3 is 2.24 bits per heavy atom. The fourth-order valence-corrected chi connectivity index (χ4v) is 1.44. The van der Waals surface area contributed by atoms with Crippen LogP contribution in [0.3, 0.4) is 0 Å². The lowest BCUT2D eigenvalue weighted by Crippen LogP contribution is -2.41. The predicted molar refractivity (Wildman–Crippen MR) is 65.7 cm³/mol. The third-order valence-electron chi connectivity index (χ3n) is 2.30. The molecule has 0 fully saturated rings. The van der Waals surface area contributed by atoms with Gasteiger partial charge in [0.2, 0.25) is 5.91 Å². The Labute approximate surface area is 117 Å². The minimum absolute atomic E-state index is 0.155.